The van der Waals surface area contributed by atoms with Crippen LogP contribution in [0.15, 0.2) is 18.2 Å². The van der Waals surface area contributed by atoms with E-state index in [2.05, 4.69) is 4.90 Å². The molecule has 3 rings (SSSR count). The molecule has 1 aromatic rings. The summed E-state index contributed by atoms with van der Waals surface area (Å²) < 4.78 is 26.3. The van der Waals surface area contributed by atoms with Crippen LogP contribution in [-0.4, -0.2) is 60.1 Å². The standard InChI is InChI=1S/C20H28F2N2O2/c21-18-6-4-15(10-19(18)22)5-7-20(26)24-12-16(17(13-24)14-25)11-23-8-2-1-3-9-23/h4,6,10,16-17,25H,1-3,5,7-9,11-14H2/t16-,17-/m0/s1. The minimum absolute atomic E-state index is 0.0225. The second kappa shape index (κ2) is 8.91. The monoisotopic (exact) mass is 366 g/mol. The Bertz CT molecular complexity index is 620. The Morgan fingerprint density at radius 1 is 1.08 bits per heavy atom. The summed E-state index contributed by atoms with van der Waals surface area (Å²) in [5, 5.41) is 9.70. The van der Waals surface area contributed by atoms with Crippen molar-refractivity contribution in [3.63, 3.8) is 0 Å². The number of hydrogen-bond donors (Lipinski definition) is 1. The maximum atomic E-state index is 13.3. The number of likely N-dealkylation sites (tertiary alicyclic amines) is 2. The molecular weight excluding hydrogens is 338 g/mol. The number of aliphatic hydroxyl groups excluding tert-OH is 1. The molecule has 26 heavy (non-hydrogen) atoms. The van der Waals surface area contributed by atoms with Gasteiger partial charge in [-0.05, 0) is 56.0 Å². The number of carbonyl (C=O) groups excluding carboxylic acids is 1. The van der Waals surface area contributed by atoms with Crippen molar-refractivity contribution in [2.75, 3.05) is 39.3 Å². The number of amides is 1. The average Bonchev–Trinajstić information content (AvgIpc) is 3.06. The van der Waals surface area contributed by atoms with E-state index in [-0.39, 0.29) is 24.9 Å². The summed E-state index contributed by atoms with van der Waals surface area (Å²) in [6, 6.07) is 3.77. The maximum absolute atomic E-state index is 13.3. The number of rotatable bonds is 6. The predicted molar refractivity (Wildman–Crippen MR) is 95.6 cm³/mol. The lowest BCUT2D eigenvalue weighted by Gasteiger charge is -2.30. The number of nitrogens with zero attached hydrogens (tertiary/aromatic N) is 2. The van der Waals surface area contributed by atoms with Gasteiger partial charge in [-0.3, -0.25) is 4.79 Å². The molecule has 2 atom stereocenters. The van der Waals surface area contributed by atoms with Gasteiger partial charge < -0.3 is 14.9 Å². The Morgan fingerprint density at radius 2 is 1.81 bits per heavy atom. The minimum atomic E-state index is -0.877. The summed E-state index contributed by atoms with van der Waals surface area (Å²) in [4.78, 5) is 16.8. The quantitative estimate of drug-likeness (QED) is 0.841. The second-order valence-electron chi connectivity index (χ2n) is 7.61. The SMILES string of the molecule is O=C(CCc1ccc(F)c(F)c1)N1C[C@@H](CO)[C@@H](CN2CCCCC2)C1. The van der Waals surface area contributed by atoms with Crippen LogP contribution >= 0.6 is 0 Å². The van der Waals surface area contributed by atoms with Crippen LogP contribution < -0.4 is 0 Å². The topological polar surface area (TPSA) is 43.8 Å². The van der Waals surface area contributed by atoms with Crippen molar-refractivity contribution >= 4 is 5.91 Å². The van der Waals surface area contributed by atoms with Gasteiger partial charge in [0.15, 0.2) is 11.6 Å². The van der Waals surface area contributed by atoms with Crippen LogP contribution in [0.4, 0.5) is 8.78 Å². The van der Waals surface area contributed by atoms with Gasteiger partial charge >= 0.3 is 0 Å². The van der Waals surface area contributed by atoms with E-state index in [1.54, 1.807) is 0 Å². The normalized spacial score (nSPS) is 24.2. The summed E-state index contributed by atoms with van der Waals surface area (Å²) >= 11 is 0. The van der Waals surface area contributed by atoms with Gasteiger partial charge in [0.05, 0.1) is 0 Å². The number of halogens is 2. The van der Waals surface area contributed by atoms with Crippen molar-refractivity contribution in [2.45, 2.75) is 32.1 Å². The van der Waals surface area contributed by atoms with E-state index in [1.807, 2.05) is 4.90 Å². The molecule has 1 amide bonds. The summed E-state index contributed by atoms with van der Waals surface area (Å²) in [5.74, 6) is -1.28. The number of piperidine rings is 1. The van der Waals surface area contributed by atoms with Crippen LogP contribution in [0.25, 0.3) is 0 Å². The van der Waals surface area contributed by atoms with E-state index in [0.29, 0.717) is 31.0 Å². The van der Waals surface area contributed by atoms with Gasteiger partial charge in [0.2, 0.25) is 5.91 Å². The maximum Gasteiger partial charge on any atom is 0.222 e. The minimum Gasteiger partial charge on any atom is -0.396 e. The van der Waals surface area contributed by atoms with E-state index < -0.39 is 11.6 Å². The molecule has 0 aromatic heterocycles. The molecule has 0 radical (unpaired) electrons. The van der Waals surface area contributed by atoms with E-state index in [9.17, 15) is 18.7 Å². The van der Waals surface area contributed by atoms with E-state index in [1.165, 1.54) is 25.3 Å². The Labute approximate surface area is 153 Å². The molecule has 0 aliphatic carbocycles. The van der Waals surface area contributed by atoms with Crippen LogP contribution in [0.1, 0.15) is 31.2 Å². The van der Waals surface area contributed by atoms with Crippen molar-refractivity contribution < 1.29 is 18.7 Å². The fourth-order valence-corrected chi connectivity index (χ4v) is 4.13. The molecule has 2 aliphatic heterocycles. The molecule has 0 saturated carbocycles. The molecule has 2 saturated heterocycles. The van der Waals surface area contributed by atoms with Crippen molar-refractivity contribution in [3.05, 3.63) is 35.4 Å². The molecule has 0 bridgehead atoms. The smallest absolute Gasteiger partial charge is 0.222 e. The van der Waals surface area contributed by atoms with Crippen molar-refractivity contribution in [3.8, 4) is 0 Å². The fourth-order valence-electron chi connectivity index (χ4n) is 4.13. The van der Waals surface area contributed by atoms with Crippen LogP contribution in [0.3, 0.4) is 0 Å². The summed E-state index contributed by atoms with van der Waals surface area (Å²) in [5.41, 5.74) is 0.625. The van der Waals surface area contributed by atoms with Gasteiger partial charge in [-0.15, -0.1) is 0 Å². The fraction of sp³-hybridized carbons (Fsp3) is 0.650. The predicted octanol–water partition coefficient (Wildman–Crippen LogP) is 2.45. The molecule has 2 aliphatic rings. The largest absolute Gasteiger partial charge is 0.396 e. The third-order valence-electron chi connectivity index (χ3n) is 5.72. The molecule has 2 heterocycles. The zero-order valence-electron chi connectivity index (χ0n) is 15.2. The lowest BCUT2D eigenvalue weighted by Crippen LogP contribution is -2.37. The average molecular weight is 366 g/mol. The van der Waals surface area contributed by atoms with Gasteiger partial charge in [-0.2, -0.15) is 0 Å². The number of hydrogen-bond acceptors (Lipinski definition) is 3. The van der Waals surface area contributed by atoms with Crippen molar-refractivity contribution in [2.24, 2.45) is 11.8 Å². The molecule has 4 nitrogen and oxygen atoms in total. The lowest BCUT2D eigenvalue weighted by molar-refractivity contribution is -0.130. The number of aliphatic hydroxyl groups is 1. The van der Waals surface area contributed by atoms with Gasteiger partial charge in [0.1, 0.15) is 0 Å². The Hall–Kier alpha value is -1.53. The third-order valence-corrected chi connectivity index (χ3v) is 5.72. The molecule has 2 fully saturated rings. The first kappa shape index (κ1) is 19.2. The van der Waals surface area contributed by atoms with Crippen LogP contribution in [-0.2, 0) is 11.2 Å². The first-order valence-corrected chi connectivity index (χ1v) is 9.61. The lowest BCUT2D eigenvalue weighted by atomic mass is 9.95. The van der Waals surface area contributed by atoms with Crippen LogP contribution in [0.5, 0.6) is 0 Å². The van der Waals surface area contributed by atoms with E-state index in [4.69, 9.17) is 0 Å². The number of benzene rings is 1. The van der Waals surface area contributed by atoms with Gasteiger partial charge in [-0.1, -0.05) is 12.5 Å². The zero-order valence-corrected chi connectivity index (χ0v) is 15.2. The Morgan fingerprint density at radius 3 is 2.50 bits per heavy atom. The van der Waals surface area contributed by atoms with Gasteiger partial charge in [0.25, 0.3) is 0 Å². The van der Waals surface area contributed by atoms with Crippen molar-refractivity contribution in [1.82, 2.24) is 9.80 Å². The molecule has 1 aromatic carbocycles. The highest BCUT2D eigenvalue weighted by Crippen LogP contribution is 2.26. The van der Waals surface area contributed by atoms with Gasteiger partial charge in [0, 0.05) is 38.6 Å². The van der Waals surface area contributed by atoms with Crippen LogP contribution in [0, 0.1) is 23.5 Å². The van der Waals surface area contributed by atoms with Gasteiger partial charge in [-0.25, -0.2) is 8.78 Å². The highest BCUT2D eigenvalue weighted by molar-refractivity contribution is 5.76. The van der Waals surface area contributed by atoms with E-state index in [0.717, 1.165) is 31.8 Å². The second-order valence-corrected chi connectivity index (χ2v) is 7.61. The molecule has 144 valence electrons. The summed E-state index contributed by atoms with van der Waals surface area (Å²) in [7, 11) is 0. The molecular formula is C20H28F2N2O2. The Kier molecular flexibility index (Phi) is 6.59. The highest BCUT2D eigenvalue weighted by atomic mass is 19.2. The first-order valence-electron chi connectivity index (χ1n) is 9.61. The molecule has 0 unspecified atom stereocenters. The number of aryl methyl sites for hydroxylation is 1. The third kappa shape index (κ3) is 4.80. The molecule has 1 N–H and O–H groups in total. The van der Waals surface area contributed by atoms with E-state index >= 15 is 0 Å². The summed E-state index contributed by atoms with van der Waals surface area (Å²) in [6.07, 6.45) is 4.42. The zero-order chi connectivity index (χ0) is 18.5. The first-order chi connectivity index (χ1) is 12.6. The summed E-state index contributed by atoms with van der Waals surface area (Å²) in [6.45, 7) is 4.53. The van der Waals surface area contributed by atoms with Crippen molar-refractivity contribution in [1.29, 1.82) is 0 Å². The molecule has 6 heteroatoms. The van der Waals surface area contributed by atoms with Crippen LogP contribution in [0.2, 0.25) is 0 Å². The highest BCUT2D eigenvalue weighted by Gasteiger charge is 2.35. The number of carbonyl (C=O) groups is 1. The molecule has 0 spiro atoms. The Balaban J connectivity index is 1.51.